The van der Waals surface area contributed by atoms with Crippen molar-refractivity contribution >= 4 is 28.8 Å². The van der Waals surface area contributed by atoms with Crippen LogP contribution in [0.1, 0.15) is 41.5 Å². The fourth-order valence-electron chi connectivity index (χ4n) is 2.78. The Kier molecular flexibility index (Phi) is 6.21. The van der Waals surface area contributed by atoms with Gasteiger partial charge in [-0.15, -0.1) is 11.3 Å². The van der Waals surface area contributed by atoms with Gasteiger partial charge in [0, 0.05) is 23.6 Å². The van der Waals surface area contributed by atoms with E-state index >= 15 is 0 Å². The first-order valence-corrected chi connectivity index (χ1v) is 9.83. The second kappa shape index (κ2) is 8.66. The number of nitrogens with zero attached hydrogens (tertiary/aromatic N) is 1. The summed E-state index contributed by atoms with van der Waals surface area (Å²) in [7, 11) is 0. The van der Waals surface area contributed by atoms with Gasteiger partial charge >= 0.3 is 6.18 Å². The zero-order chi connectivity index (χ0) is 21.9. The molecule has 0 saturated heterocycles. The minimum absolute atomic E-state index is 0.122. The van der Waals surface area contributed by atoms with Crippen molar-refractivity contribution in [2.45, 2.75) is 26.1 Å². The molecule has 1 heterocycles. The molecule has 3 aromatic rings. The van der Waals surface area contributed by atoms with Gasteiger partial charge in [-0.25, -0.2) is 4.98 Å². The molecule has 0 fully saturated rings. The van der Waals surface area contributed by atoms with Crippen LogP contribution >= 0.6 is 11.3 Å². The van der Waals surface area contributed by atoms with Crippen LogP contribution < -0.4 is 10.6 Å². The molecule has 9 heteroatoms. The largest absolute Gasteiger partial charge is 0.416 e. The molecule has 3 rings (SSSR count). The van der Waals surface area contributed by atoms with Gasteiger partial charge in [0.2, 0.25) is 5.91 Å². The number of hydrogen-bond acceptors (Lipinski definition) is 4. The molecule has 30 heavy (non-hydrogen) atoms. The predicted octanol–water partition coefficient (Wildman–Crippen LogP) is 5.28. The van der Waals surface area contributed by atoms with Crippen LogP contribution in [0.15, 0.2) is 53.9 Å². The molecule has 0 aliphatic rings. The number of anilines is 1. The third-order valence-electron chi connectivity index (χ3n) is 4.23. The number of thiazole rings is 1. The van der Waals surface area contributed by atoms with Crippen molar-refractivity contribution in [3.8, 4) is 10.6 Å². The van der Waals surface area contributed by atoms with Crippen LogP contribution in [-0.2, 0) is 11.0 Å². The van der Waals surface area contributed by atoms with Crippen LogP contribution in [0, 0.1) is 0 Å². The first kappa shape index (κ1) is 21.5. The van der Waals surface area contributed by atoms with E-state index in [-0.39, 0.29) is 17.6 Å². The number of benzene rings is 2. The van der Waals surface area contributed by atoms with Crippen LogP contribution in [0.5, 0.6) is 0 Å². The van der Waals surface area contributed by atoms with Gasteiger partial charge in [0.1, 0.15) is 10.7 Å². The SMILES string of the molecule is CC(=O)Nc1cccc(C(C)NC(=O)c2csc(-c3cccc(C(F)(F)F)c3)n2)c1. The van der Waals surface area contributed by atoms with E-state index in [1.807, 2.05) is 6.07 Å². The zero-order valence-corrected chi connectivity index (χ0v) is 16.9. The lowest BCUT2D eigenvalue weighted by Gasteiger charge is -2.14. The topological polar surface area (TPSA) is 71.1 Å². The number of alkyl halides is 3. The lowest BCUT2D eigenvalue weighted by molar-refractivity contribution is -0.137. The first-order valence-electron chi connectivity index (χ1n) is 8.95. The second-order valence-electron chi connectivity index (χ2n) is 6.62. The number of carbonyl (C=O) groups is 2. The quantitative estimate of drug-likeness (QED) is 0.575. The molecule has 1 unspecified atom stereocenters. The Morgan fingerprint density at radius 3 is 2.53 bits per heavy atom. The summed E-state index contributed by atoms with van der Waals surface area (Å²) in [6, 6.07) is 11.5. The number of amides is 2. The van der Waals surface area contributed by atoms with Crippen molar-refractivity contribution in [3.63, 3.8) is 0 Å². The number of halogens is 3. The fourth-order valence-corrected chi connectivity index (χ4v) is 3.58. The smallest absolute Gasteiger partial charge is 0.344 e. The summed E-state index contributed by atoms with van der Waals surface area (Å²) in [5.41, 5.74) is 1.04. The van der Waals surface area contributed by atoms with Crippen LogP contribution in [-0.4, -0.2) is 16.8 Å². The van der Waals surface area contributed by atoms with Gasteiger partial charge < -0.3 is 10.6 Å². The third-order valence-corrected chi connectivity index (χ3v) is 5.12. The van der Waals surface area contributed by atoms with E-state index in [4.69, 9.17) is 0 Å². The average molecular weight is 433 g/mol. The fraction of sp³-hybridized carbons (Fsp3) is 0.190. The molecule has 0 aliphatic carbocycles. The lowest BCUT2D eigenvalue weighted by Crippen LogP contribution is -2.27. The normalized spacial score (nSPS) is 12.3. The lowest BCUT2D eigenvalue weighted by atomic mass is 10.1. The minimum Gasteiger partial charge on any atom is -0.344 e. The highest BCUT2D eigenvalue weighted by molar-refractivity contribution is 7.13. The number of aromatic nitrogens is 1. The van der Waals surface area contributed by atoms with Crippen molar-refractivity contribution in [2.75, 3.05) is 5.32 Å². The standard InChI is InChI=1S/C21H18F3N3O2S/c1-12(14-5-4-8-17(10-14)26-13(2)28)25-19(29)18-11-30-20(27-18)15-6-3-7-16(9-15)21(22,23)24/h3-12H,1-2H3,(H,25,29)(H,26,28). The Bertz CT molecular complexity index is 1080. The monoisotopic (exact) mass is 433 g/mol. The van der Waals surface area contributed by atoms with E-state index in [0.29, 0.717) is 16.3 Å². The maximum absolute atomic E-state index is 12.9. The highest BCUT2D eigenvalue weighted by Gasteiger charge is 2.30. The molecular weight excluding hydrogens is 415 g/mol. The molecule has 2 N–H and O–H groups in total. The Balaban J connectivity index is 1.73. The summed E-state index contributed by atoms with van der Waals surface area (Å²) in [5, 5.41) is 7.32. The molecule has 0 aliphatic heterocycles. The third kappa shape index (κ3) is 5.24. The van der Waals surface area contributed by atoms with Gasteiger partial charge in [-0.3, -0.25) is 9.59 Å². The average Bonchev–Trinajstić information content (AvgIpc) is 3.17. The van der Waals surface area contributed by atoms with Crippen molar-refractivity contribution in [2.24, 2.45) is 0 Å². The molecule has 0 radical (unpaired) electrons. The van der Waals surface area contributed by atoms with E-state index in [0.717, 1.165) is 29.0 Å². The minimum atomic E-state index is -4.45. The molecule has 1 aromatic heterocycles. The molecule has 0 spiro atoms. The maximum atomic E-state index is 12.9. The van der Waals surface area contributed by atoms with Gasteiger partial charge in [-0.05, 0) is 36.8 Å². The van der Waals surface area contributed by atoms with Gasteiger partial charge in [0.25, 0.3) is 5.91 Å². The maximum Gasteiger partial charge on any atom is 0.416 e. The van der Waals surface area contributed by atoms with E-state index in [9.17, 15) is 22.8 Å². The number of rotatable bonds is 5. The highest BCUT2D eigenvalue weighted by Crippen LogP contribution is 2.33. The number of nitrogens with one attached hydrogen (secondary N) is 2. The molecule has 2 aromatic carbocycles. The van der Waals surface area contributed by atoms with Crippen LogP contribution in [0.3, 0.4) is 0 Å². The Morgan fingerprint density at radius 1 is 1.10 bits per heavy atom. The van der Waals surface area contributed by atoms with Gasteiger partial charge in [-0.1, -0.05) is 24.3 Å². The second-order valence-corrected chi connectivity index (χ2v) is 7.48. The first-order chi connectivity index (χ1) is 14.1. The Morgan fingerprint density at radius 2 is 1.83 bits per heavy atom. The predicted molar refractivity (Wildman–Crippen MR) is 109 cm³/mol. The number of hydrogen-bond donors (Lipinski definition) is 2. The summed E-state index contributed by atoms with van der Waals surface area (Å²) in [6.45, 7) is 3.19. The summed E-state index contributed by atoms with van der Waals surface area (Å²) in [4.78, 5) is 27.9. The van der Waals surface area contributed by atoms with Crippen molar-refractivity contribution in [3.05, 3.63) is 70.7 Å². The molecule has 1 atom stereocenters. The van der Waals surface area contributed by atoms with Crippen LogP contribution in [0.2, 0.25) is 0 Å². The Labute approximate surface area is 175 Å². The highest BCUT2D eigenvalue weighted by atomic mass is 32.1. The molecule has 0 bridgehead atoms. The van der Waals surface area contributed by atoms with E-state index < -0.39 is 17.6 Å². The van der Waals surface area contributed by atoms with E-state index in [2.05, 4.69) is 15.6 Å². The van der Waals surface area contributed by atoms with Gasteiger partial charge in [0.05, 0.1) is 11.6 Å². The Hall–Kier alpha value is -3.20. The summed E-state index contributed by atoms with van der Waals surface area (Å²) >= 11 is 1.10. The van der Waals surface area contributed by atoms with Crippen LogP contribution in [0.4, 0.5) is 18.9 Å². The molecule has 0 saturated carbocycles. The van der Waals surface area contributed by atoms with Crippen molar-refractivity contribution < 1.29 is 22.8 Å². The van der Waals surface area contributed by atoms with Gasteiger partial charge in [-0.2, -0.15) is 13.2 Å². The molecule has 5 nitrogen and oxygen atoms in total. The van der Waals surface area contributed by atoms with Crippen molar-refractivity contribution in [1.29, 1.82) is 0 Å². The van der Waals surface area contributed by atoms with Gasteiger partial charge in [0.15, 0.2) is 0 Å². The number of carbonyl (C=O) groups excluding carboxylic acids is 2. The summed E-state index contributed by atoms with van der Waals surface area (Å²) in [5.74, 6) is -0.643. The molecular formula is C21H18F3N3O2S. The van der Waals surface area contributed by atoms with Crippen LogP contribution in [0.25, 0.3) is 10.6 Å². The summed E-state index contributed by atoms with van der Waals surface area (Å²) < 4.78 is 38.7. The zero-order valence-electron chi connectivity index (χ0n) is 16.1. The van der Waals surface area contributed by atoms with E-state index in [1.54, 1.807) is 25.1 Å². The summed E-state index contributed by atoms with van der Waals surface area (Å²) in [6.07, 6.45) is -4.45. The van der Waals surface area contributed by atoms with E-state index in [1.165, 1.54) is 24.4 Å². The molecule has 2 amide bonds. The van der Waals surface area contributed by atoms with Crippen molar-refractivity contribution in [1.82, 2.24) is 10.3 Å². The molecule has 156 valence electrons.